The number of para-hydroxylation sites is 1. The summed E-state index contributed by atoms with van der Waals surface area (Å²) in [4.78, 5) is 24.0. The van der Waals surface area contributed by atoms with E-state index >= 15 is 0 Å². The molecule has 0 saturated carbocycles. The summed E-state index contributed by atoms with van der Waals surface area (Å²) in [6.07, 6.45) is -11.7. The monoisotopic (exact) mass is 472 g/mol. The lowest BCUT2D eigenvalue weighted by molar-refractivity contribution is -0.314. The molecule has 2 N–H and O–H groups in total. The van der Waals surface area contributed by atoms with Gasteiger partial charge in [0.2, 0.25) is 5.91 Å². The highest BCUT2D eigenvalue weighted by Crippen LogP contribution is 2.37. The first-order valence-electron chi connectivity index (χ1n) is 9.42. The van der Waals surface area contributed by atoms with E-state index in [1.165, 1.54) is 0 Å². The lowest BCUT2D eigenvalue weighted by atomic mass is 9.84. The minimum atomic E-state index is -5.12. The normalized spacial score (nSPS) is 14.2. The highest BCUT2D eigenvalue weighted by molar-refractivity contribution is 5.87. The van der Waals surface area contributed by atoms with Crippen LogP contribution in [0.3, 0.4) is 0 Å². The Labute approximate surface area is 182 Å². The van der Waals surface area contributed by atoms with Crippen LogP contribution in [0.15, 0.2) is 42.5 Å². The van der Waals surface area contributed by atoms with Gasteiger partial charge < -0.3 is 15.2 Å². The van der Waals surface area contributed by atoms with Crippen LogP contribution in [0.1, 0.15) is 29.3 Å². The molecule has 12 heteroatoms. The lowest BCUT2D eigenvalue weighted by Gasteiger charge is -2.36. The third-order valence-corrected chi connectivity index (χ3v) is 4.98. The average Bonchev–Trinajstić information content (AvgIpc) is 3.08. The van der Waals surface area contributed by atoms with Crippen molar-refractivity contribution < 1.29 is 41.0 Å². The van der Waals surface area contributed by atoms with Gasteiger partial charge in [0.1, 0.15) is 0 Å². The molecule has 176 valence electrons. The van der Waals surface area contributed by atoms with Crippen LogP contribution in [0.4, 0.5) is 26.3 Å². The zero-order valence-corrected chi connectivity index (χ0v) is 16.9. The van der Waals surface area contributed by atoms with Crippen LogP contribution in [-0.2, 0) is 34.8 Å². The first-order valence-corrected chi connectivity index (χ1v) is 9.42. The fraction of sp³-hybridized carbons (Fsp3) is 0.286. The highest BCUT2D eigenvalue weighted by Gasteiger charge is 2.39. The molecule has 0 radical (unpaired) electrons. The minimum absolute atomic E-state index is 0.0645. The summed E-state index contributed by atoms with van der Waals surface area (Å²) in [5.74, 6) is -2.76. The number of rotatable bonds is 6. The summed E-state index contributed by atoms with van der Waals surface area (Å²) < 4.78 is 79.4. The number of nitrogens with one attached hydrogen (secondary N) is 2. The van der Waals surface area contributed by atoms with Gasteiger partial charge in [-0.3, -0.25) is 9.89 Å². The molecule has 0 bridgehead atoms. The maximum absolute atomic E-state index is 13.2. The number of aromatic nitrogens is 2. The number of aromatic amines is 1. The second-order valence-electron chi connectivity index (χ2n) is 7.54. The molecule has 0 aliphatic heterocycles. The number of fused-ring (bicyclic) bond motifs is 1. The molecule has 1 atom stereocenters. The van der Waals surface area contributed by atoms with Crippen molar-refractivity contribution in [1.29, 1.82) is 0 Å². The van der Waals surface area contributed by atoms with Crippen molar-refractivity contribution in [1.82, 2.24) is 15.5 Å². The van der Waals surface area contributed by atoms with E-state index in [1.807, 2.05) is 0 Å². The molecule has 1 amide bonds. The molecule has 1 aromatic heterocycles. The van der Waals surface area contributed by atoms with Crippen LogP contribution in [0.5, 0.6) is 0 Å². The smallest absolute Gasteiger partial charge is 0.416 e. The van der Waals surface area contributed by atoms with Gasteiger partial charge in [0, 0.05) is 30.8 Å². The predicted molar refractivity (Wildman–Crippen MR) is 102 cm³/mol. The Morgan fingerprint density at radius 1 is 0.970 bits per heavy atom. The summed E-state index contributed by atoms with van der Waals surface area (Å²) in [6.45, 7) is 0.968. The molecule has 1 unspecified atom stereocenters. The summed E-state index contributed by atoms with van der Waals surface area (Å²) in [5, 5.41) is 21.4. The van der Waals surface area contributed by atoms with Crippen molar-refractivity contribution in [3.63, 3.8) is 0 Å². The number of nitrogens with zero attached hydrogens (tertiary/aromatic N) is 1. The number of carboxylic acids is 1. The van der Waals surface area contributed by atoms with Crippen LogP contribution in [-0.4, -0.2) is 27.6 Å². The van der Waals surface area contributed by atoms with Crippen molar-refractivity contribution in [3.05, 3.63) is 64.8 Å². The van der Waals surface area contributed by atoms with E-state index < -0.39 is 59.3 Å². The number of carboxylic acid groups (broad SMARTS) is 1. The Hall–Kier alpha value is -3.57. The number of halogens is 6. The molecule has 0 saturated heterocycles. The van der Waals surface area contributed by atoms with Crippen LogP contribution in [0.2, 0.25) is 0 Å². The Bertz CT molecular complexity index is 1170. The minimum Gasteiger partial charge on any atom is -0.548 e. The third kappa shape index (κ3) is 5.26. The van der Waals surface area contributed by atoms with E-state index in [-0.39, 0.29) is 11.8 Å². The molecule has 33 heavy (non-hydrogen) atoms. The fourth-order valence-electron chi connectivity index (χ4n) is 3.60. The summed E-state index contributed by atoms with van der Waals surface area (Å²) in [7, 11) is 0. The number of hydrogen-bond donors (Lipinski definition) is 2. The standard InChI is InChI=1S/C21H17F6N3O3/c1-11(31)28-19(18(32)33,10-17-15-4-2-3-5-16(15)29-30-17)9-12-6-13(20(22,23)24)8-14(7-12)21(25,26)27/h2-8H,9-10H2,1H3,(H,28,31)(H,29,30)(H,32,33)/p-1. The number of amides is 1. The molecule has 1 heterocycles. The van der Waals surface area contributed by atoms with Crippen molar-refractivity contribution in [2.24, 2.45) is 0 Å². The largest absolute Gasteiger partial charge is 0.548 e. The van der Waals surface area contributed by atoms with Crippen LogP contribution >= 0.6 is 0 Å². The molecule has 0 aliphatic carbocycles. The number of carbonyl (C=O) groups excluding carboxylic acids is 2. The van der Waals surface area contributed by atoms with Gasteiger partial charge in [-0.05, 0) is 29.8 Å². The van der Waals surface area contributed by atoms with E-state index in [4.69, 9.17) is 0 Å². The second kappa shape index (κ2) is 8.41. The zero-order chi connectivity index (χ0) is 24.6. The van der Waals surface area contributed by atoms with Gasteiger partial charge in [-0.25, -0.2) is 0 Å². The van der Waals surface area contributed by atoms with Gasteiger partial charge in [0.25, 0.3) is 0 Å². The zero-order valence-electron chi connectivity index (χ0n) is 16.9. The molecule has 0 spiro atoms. The highest BCUT2D eigenvalue weighted by atomic mass is 19.4. The SMILES string of the molecule is CC(=O)NC(Cc1cc(C(F)(F)F)cc(C(F)(F)F)c1)(Cc1[nH]nc2ccccc12)C(=O)[O-]. The number of alkyl halides is 6. The van der Waals surface area contributed by atoms with E-state index in [9.17, 15) is 41.0 Å². The molecule has 3 aromatic rings. The average molecular weight is 472 g/mol. The summed E-state index contributed by atoms with van der Waals surface area (Å²) >= 11 is 0. The Morgan fingerprint density at radius 3 is 2.06 bits per heavy atom. The van der Waals surface area contributed by atoms with Crippen molar-refractivity contribution in [2.45, 2.75) is 37.7 Å². The molecular weight excluding hydrogens is 456 g/mol. The fourth-order valence-corrected chi connectivity index (χ4v) is 3.60. The molecule has 0 aliphatic rings. The number of aliphatic carboxylic acids is 1. The Kier molecular flexibility index (Phi) is 6.14. The quantitative estimate of drug-likeness (QED) is 0.539. The predicted octanol–water partition coefficient (Wildman–Crippen LogP) is 3.01. The van der Waals surface area contributed by atoms with Crippen molar-refractivity contribution >= 4 is 22.8 Å². The third-order valence-electron chi connectivity index (χ3n) is 4.98. The number of H-pyrrole nitrogens is 1. The van der Waals surface area contributed by atoms with Crippen LogP contribution in [0.25, 0.3) is 10.9 Å². The van der Waals surface area contributed by atoms with Gasteiger partial charge in [0.05, 0.1) is 28.2 Å². The first kappa shape index (κ1) is 24.1. The van der Waals surface area contributed by atoms with E-state index in [1.54, 1.807) is 24.3 Å². The molecule has 3 rings (SSSR count). The molecular formula is C21H16F6N3O3-. The maximum Gasteiger partial charge on any atom is 0.416 e. The van der Waals surface area contributed by atoms with E-state index in [2.05, 4.69) is 15.5 Å². The topological polar surface area (TPSA) is 97.9 Å². The van der Waals surface area contributed by atoms with E-state index in [0.717, 1.165) is 6.92 Å². The number of benzene rings is 2. The van der Waals surface area contributed by atoms with Gasteiger partial charge >= 0.3 is 12.4 Å². The molecule has 2 aromatic carbocycles. The van der Waals surface area contributed by atoms with Crippen molar-refractivity contribution in [3.8, 4) is 0 Å². The van der Waals surface area contributed by atoms with E-state index in [0.29, 0.717) is 23.0 Å². The van der Waals surface area contributed by atoms with Gasteiger partial charge in [-0.15, -0.1) is 0 Å². The second-order valence-corrected chi connectivity index (χ2v) is 7.54. The first-order chi connectivity index (χ1) is 15.2. The number of carbonyl (C=O) groups is 2. The van der Waals surface area contributed by atoms with Crippen LogP contribution in [0, 0.1) is 0 Å². The molecule has 0 fully saturated rings. The Morgan fingerprint density at radius 2 is 1.55 bits per heavy atom. The molecule has 6 nitrogen and oxygen atoms in total. The number of hydrogen-bond acceptors (Lipinski definition) is 4. The van der Waals surface area contributed by atoms with Gasteiger partial charge in [0.15, 0.2) is 0 Å². The lowest BCUT2D eigenvalue weighted by Crippen LogP contribution is -2.62. The summed E-state index contributed by atoms with van der Waals surface area (Å²) in [6, 6.07) is 7.26. The Balaban J connectivity index is 2.14. The van der Waals surface area contributed by atoms with Gasteiger partial charge in [-0.2, -0.15) is 31.4 Å². The van der Waals surface area contributed by atoms with Crippen LogP contribution < -0.4 is 10.4 Å². The van der Waals surface area contributed by atoms with Crippen molar-refractivity contribution in [2.75, 3.05) is 0 Å². The summed E-state index contributed by atoms with van der Waals surface area (Å²) in [5.41, 5.74) is -5.52. The van der Waals surface area contributed by atoms with Gasteiger partial charge in [-0.1, -0.05) is 18.2 Å². The maximum atomic E-state index is 13.2.